The van der Waals surface area contributed by atoms with E-state index in [4.69, 9.17) is 5.73 Å². The molecule has 1 aliphatic carbocycles. The van der Waals surface area contributed by atoms with Crippen LogP contribution < -0.4 is 10.6 Å². The van der Waals surface area contributed by atoms with Crippen LogP contribution in [0.4, 0.5) is 10.1 Å². The Hall–Kier alpha value is -1.09. The van der Waals surface area contributed by atoms with Crippen LogP contribution in [-0.2, 0) is 0 Å². The van der Waals surface area contributed by atoms with Gasteiger partial charge in [-0.1, -0.05) is 13.8 Å². The molecule has 0 aromatic heterocycles. The summed E-state index contributed by atoms with van der Waals surface area (Å²) in [5, 5.41) is 0. The maximum absolute atomic E-state index is 13.4. The molecule has 0 spiro atoms. The number of rotatable bonds is 3. The minimum absolute atomic E-state index is 0.150. The van der Waals surface area contributed by atoms with E-state index in [-0.39, 0.29) is 11.9 Å². The fourth-order valence-corrected chi connectivity index (χ4v) is 3.18. The molecule has 0 radical (unpaired) electrons. The Morgan fingerprint density at radius 3 is 2.45 bits per heavy atom. The van der Waals surface area contributed by atoms with Crippen molar-refractivity contribution in [2.24, 2.45) is 11.1 Å². The maximum atomic E-state index is 13.4. The fraction of sp³-hybridized carbons (Fsp3) is 0.647. The highest BCUT2D eigenvalue weighted by Gasteiger charge is 2.29. The highest BCUT2D eigenvalue weighted by atomic mass is 19.1. The number of anilines is 1. The van der Waals surface area contributed by atoms with Crippen LogP contribution in [0.15, 0.2) is 18.2 Å². The van der Waals surface area contributed by atoms with Crippen molar-refractivity contribution in [2.45, 2.75) is 58.5 Å². The molecular formula is C17H27FN2. The van der Waals surface area contributed by atoms with Gasteiger partial charge in [0.1, 0.15) is 5.82 Å². The third-order valence-electron chi connectivity index (χ3n) is 4.72. The summed E-state index contributed by atoms with van der Waals surface area (Å²) in [6, 6.07) is 5.36. The third kappa shape index (κ3) is 3.32. The average molecular weight is 278 g/mol. The van der Waals surface area contributed by atoms with Gasteiger partial charge in [-0.3, -0.25) is 0 Å². The molecule has 0 unspecified atom stereocenters. The van der Waals surface area contributed by atoms with Crippen LogP contribution in [-0.4, -0.2) is 13.1 Å². The van der Waals surface area contributed by atoms with E-state index in [0.717, 1.165) is 11.3 Å². The normalized spacial score (nSPS) is 20.7. The van der Waals surface area contributed by atoms with Gasteiger partial charge in [-0.15, -0.1) is 0 Å². The van der Waals surface area contributed by atoms with Gasteiger partial charge in [0.05, 0.1) is 0 Å². The lowest BCUT2D eigenvalue weighted by molar-refractivity contribution is 0.222. The Balaban J connectivity index is 2.19. The zero-order valence-corrected chi connectivity index (χ0v) is 13.1. The highest BCUT2D eigenvalue weighted by molar-refractivity contribution is 5.55. The van der Waals surface area contributed by atoms with Crippen molar-refractivity contribution in [2.75, 3.05) is 11.9 Å². The number of benzene rings is 1. The molecule has 1 aromatic rings. The summed E-state index contributed by atoms with van der Waals surface area (Å²) < 4.78 is 13.4. The number of hydrogen-bond acceptors (Lipinski definition) is 2. The van der Waals surface area contributed by atoms with Crippen molar-refractivity contribution < 1.29 is 4.39 Å². The predicted octanol–water partition coefficient (Wildman–Crippen LogP) is 4.25. The van der Waals surface area contributed by atoms with Gasteiger partial charge >= 0.3 is 0 Å². The monoisotopic (exact) mass is 278 g/mol. The molecule has 1 fully saturated rings. The van der Waals surface area contributed by atoms with E-state index < -0.39 is 0 Å². The summed E-state index contributed by atoms with van der Waals surface area (Å²) in [7, 11) is 2.11. The topological polar surface area (TPSA) is 29.3 Å². The van der Waals surface area contributed by atoms with Gasteiger partial charge in [0.15, 0.2) is 0 Å². The van der Waals surface area contributed by atoms with Crippen molar-refractivity contribution in [3.05, 3.63) is 29.6 Å². The quantitative estimate of drug-likeness (QED) is 0.895. The molecule has 1 atom stereocenters. The second kappa shape index (κ2) is 5.72. The Morgan fingerprint density at radius 2 is 1.90 bits per heavy atom. The SMILES string of the molecule is C[C@H](N)c1cc(F)ccc1N(C)C1CCC(C)(C)CC1. The summed E-state index contributed by atoms with van der Waals surface area (Å²) >= 11 is 0. The van der Waals surface area contributed by atoms with E-state index in [2.05, 4.69) is 25.8 Å². The Kier molecular flexibility index (Phi) is 4.38. The lowest BCUT2D eigenvalue weighted by Gasteiger charge is -2.40. The summed E-state index contributed by atoms with van der Waals surface area (Å²) in [6.45, 7) is 6.60. The molecule has 0 amide bonds. The van der Waals surface area contributed by atoms with Crippen LogP contribution in [0.25, 0.3) is 0 Å². The number of nitrogens with zero attached hydrogens (tertiary/aromatic N) is 1. The lowest BCUT2D eigenvalue weighted by Crippen LogP contribution is -2.38. The van der Waals surface area contributed by atoms with Gasteiger partial charge in [-0.05, 0) is 61.8 Å². The van der Waals surface area contributed by atoms with Crippen LogP contribution in [0.5, 0.6) is 0 Å². The summed E-state index contributed by atoms with van der Waals surface area (Å²) in [5.74, 6) is -0.209. The zero-order valence-electron chi connectivity index (χ0n) is 13.1. The predicted molar refractivity (Wildman–Crippen MR) is 83.4 cm³/mol. The van der Waals surface area contributed by atoms with Crippen molar-refractivity contribution in [3.8, 4) is 0 Å². The van der Waals surface area contributed by atoms with Crippen molar-refractivity contribution in [1.82, 2.24) is 0 Å². The van der Waals surface area contributed by atoms with Crippen LogP contribution >= 0.6 is 0 Å². The standard InChI is InChI=1S/C17H27FN2/c1-12(19)15-11-13(18)5-6-16(15)20(4)14-7-9-17(2,3)10-8-14/h5-6,11-12,14H,7-10,19H2,1-4H3/t12-/m0/s1. The molecule has 20 heavy (non-hydrogen) atoms. The van der Waals surface area contributed by atoms with Crippen LogP contribution in [0.2, 0.25) is 0 Å². The van der Waals surface area contributed by atoms with Gasteiger partial charge in [-0.25, -0.2) is 4.39 Å². The molecule has 2 nitrogen and oxygen atoms in total. The molecule has 3 heteroatoms. The molecule has 1 aromatic carbocycles. The first-order valence-corrected chi connectivity index (χ1v) is 7.58. The van der Waals surface area contributed by atoms with Gasteiger partial charge in [0, 0.05) is 24.8 Å². The van der Waals surface area contributed by atoms with Crippen molar-refractivity contribution in [1.29, 1.82) is 0 Å². The highest BCUT2D eigenvalue weighted by Crippen LogP contribution is 2.38. The second-order valence-corrected chi connectivity index (χ2v) is 7.00. The van der Waals surface area contributed by atoms with Gasteiger partial charge in [-0.2, -0.15) is 0 Å². The minimum Gasteiger partial charge on any atom is -0.371 e. The maximum Gasteiger partial charge on any atom is 0.123 e. The van der Waals surface area contributed by atoms with Crippen LogP contribution in [0, 0.1) is 11.2 Å². The van der Waals surface area contributed by atoms with E-state index in [1.807, 2.05) is 13.0 Å². The van der Waals surface area contributed by atoms with E-state index >= 15 is 0 Å². The van der Waals surface area contributed by atoms with Crippen molar-refractivity contribution >= 4 is 5.69 Å². The molecule has 0 aliphatic heterocycles. The number of hydrogen-bond donors (Lipinski definition) is 1. The molecule has 2 rings (SSSR count). The first kappa shape index (κ1) is 15.3. The van der Waals surface area contributed by atoms with Crippen LogP contribution in [0.3, 0.4) is 0 Å². The van der Waals surface area contributed by atoms with Gasteiger partial charge < -0.3 is 10.6 Å². The Bertz CT molecular complexity index is 458. The van der Waals surface area contributed by atoms with Crippen molar-refractivity contribution in [3.63, 3.8) is 0 Å². The number of nitrogens with two attached hydrogens (primary N) is 1. The summed E-state index contributed by atoms with van der Waals surface area (Å²) in [4.78, 5) is 2.30. The Labute approximate surface area is 122 Å². The molecule has 0 bridgehead atoms. The molecule has 2 N–H and O–H groups in total. The largest absolute Gasteiger partial charge is 0.371 e. The third-order valence-corrected chi connectivity index (χ3v) is 4.72. The molecule has 0 heterocycles. The first-order chi connectivity index (χ1) is 9.30. The fourth-order valence-electron chi connectivity index (χ4n) is 3.18. The van der Waals surface area contributed by atoms with E-state index in [1.54, 1.807) is 6.07 Å². The van der Waals surface area contributed by atoms with Gasteiger partial charge in [0.2, 0.25) is 0 Å². The summed E-state index contributed by atoms with van der Waals surface area (Å²) in [5.41, 5.74) is 8.44. The van der Waals surface area contributed by atoms with Gasteiger partial charge in [0.25, 0.3) is 0 Å². The first-order valence-electron chi connectivity index (χ1n) is 7.58. The van der Waals surface area contributed by atoms with E-state index in [0.29, 0.717) is 11.5 Å². The Morgan fingerprint density at radius 1 is 1.30 bits per heavy atom. The molecule has 1 aliphatic rings. The van der Waals surface area contributed by atoms with E-state index in [1.165, 1.54) is 31.7 Å². The second-order valence-electron chi connectivity index (χ2n) is 7.00. The van der Waals surface area contributed by atoms with Crippen LogP contribution in [0.1, 0.15) is 58.1 Å². The smallest absolute Gasteiger partial charge is 0.123 e. The molecule has 1 saturated carbocycles. The molecular weight excluding hydrogens is 251 g/mol. The summed E-state index contributed by atoms with van der Waals surface area (Å²) in [6.07, 6.45) is 4.88. The molecule has 112 valence electrons. The molecule has 0 saturated heterocycles. The van der Waals surface area contributed by atoms with E-state index in [9.17, 15) is 4.39 Å². The average Bonchev–Trinajstić information content (AvgIpc) is 2.37. The minimum atomic E-state index is -0.209. The lowest BCUT2D eigenvalue weighted by atomic mass is 9.75. The number of halogens is 1. The zero-order chi connectivity index (χ0) is 14.9.